The van der Waals surface area contributed by atoms with Crippen LogP contribution in [0.3, 0.4) is 0 Å². The Bertz CT molecular complexity index is 755. The van der Waals surface area contributed by atoms with Crippen LogP contribution >= 0.6 is 12.2 Å². The molecule has 0 aliphatic heterocycles. The van der Waals surface area contributed by atoms with Crippen LogP contribution in [0.2, 0.25) is 0 Å². The van der Waals surface area contributed by atoms with Crippen LogP contribution in [0.15, 0.2) is 48.5 Å². The Hall–Kier alpha value is -1.45. The van der Waals surface area contributed by atoms with Gasteiger partial charge >= 0.3 is 0 Å². The van der Waals surface area contributed by atoms with Crippen LogP contribution in [0.4, 0.5) is 11.4 Å². The monoisotopic (exact) mass is 496 g/mol. The molecule has 0 unspecified atom stereocenters. The Morgan fingerprint density at radius 2 is 0.941 bits per heavy atom. The summed E-state index contributed by atoms with van der Waals surface area (Å²) < 4.78 is 0.513. The molecule has 0 saturated heterocycles. The average molecular weight is 497 g/mol. The fourth-order valence-electron chi connectivity index (χ4n) is 4.75. The third-order valence-electron chi connectivity index (χ3n) is 6.75. The third kappa shape index (κ3) is 10.4. The van der Waals surface area contributed by atoms with Crippen LogP contribution in [-0.2, 0) is 25.5 Å². The average Bonchev–Trinajstić information content (AvgIpc) is 2.84. The number of para-hydroxylation sites is 2. The van der Waals surface area contributed by atoms with Gasteiger partial charge in [-0.3, -0.25) is 0 Å². The molecule has 0 N–H and O–H groups in total. The first kappa shape index (κ1) is 28.8. The van der Waals surface area contributed by atoms with Crippen LogP contribution in [-0.4, -0.2) is 4.32 Å². The topological polar surface area (TPSA) is 3.24 Å². The fraction of sp³-hybridized carbons (Fsp3) is 0.581. The van der Waals surface area contributed by atoms with Gasteiger partial charge in [0.15, 0.2) is 0 Å². The van der Waals surface area contributed by atoms with Gasteiger partial charge in [-0.25, -0.2) is 0 Å². The first-order valence-corrected chi connectivity index (χ1v) is 14.7. The van der Waals surface area contributed by atoms with Crippen molar-refractivity contribution in [2.24, 2.45) is 0 Å². The lowest BCUT2D eigenvalue weighted by atomic mass is 10.0. The Morgan fingerprint density at radius 1 is 0.588 bits per heavy atom. The van der Waals surface area contributed by atoms with Gasteiger partial charge in [0.2, 0.25) is 0 Å². The number of hydrogen-bond donors (Lipinski definition) is 0. The summed E-state index contributed by atoms with van der Waals surface area (Å²) in [4.78, 5) is 2.15. The molecule has 34 heavy (non-hydrogen) atoms. The van der Waals surface area contributed by atoms with E-state index in [-0.39, 0.29) is 0 Å². The highest BCUT2D eigenvalue weighted by Crippen LogP contribution is 2.33. The molecular formula is C31H46NS2-. The van der Waals surface area contributed by atoms with E-state index in [0.717, 1.165) is 12.8 Å². The van der Waals surface area contributed by atoms with E-state index in [4.69, 9.17) is 24.8 Å². The summed E-state index contributed by atoms with van der Waals surface area (Å²) in [7, 11) is 0. The third-order valence-corrected chi connectivity index (χ3v) is 7.11. The molecule has 0 aliphatic carbocycles. The number of aryl methyl sites for hydroxylation is 2. The van der Waals surface area contributed by atoms with Crippen molar-refractivity contribution < 1.29 is 0 Å². The van der Waals surface area contributed by atoms with Crippen molar-refractivity contribution in [1.82, 2.24) is 0 Å². The smallest absolute Gasteiger partial charge is 0.0476 e. The number of thiocarbonyl (C=S) groups is 1. The van der Waals surface area contributed by atoms with Gasteiger partial charge in [0.25, 0.3) is 0 Å². The first-order chi connectivity index (χ1) is 16.7. The summed E-state index contributed by atoms with van der Waals surface area (Å²) in [6.07, 6.45) is 20.7. The number of unbranched alkanes of at least 4 members (excludes halogenated alkanes) is 12. The second-order valence-corrected chi connectivity index (χ2v) is 10.6. The highest BCUT2D eigenvalue weighted by Gasteiger charge is 2.15. The summed E-state index contributed by atoms with van der Waals surface area (Å²) in [6, 6.07) is 17.4. The van der Waals surface area contributed by atoms with E-state index in [9.17, 15) is 0 Å². The molecule has 2 rings (SSSR count). The lowest BCUT2D eigenvalue weighted by molar-refractivity contribution is 0.589. The Balaban J connectivity index is 2.04. The zero-order chi connectivity index (χ0) is 24.4. The van der Waals surface area contributed by atoms with E-state index in [1.165, 1.54) is 112 Å². The lowest BCUT2D eigenvalue weighted by Crippen LogP contribution is -2.24. The molecule has 0 spiro atoms. The molecule has 0 fully saturated rings. The maximum atomic E-state index is 5.63. The highest BCUT2D eigenvalue weighted by atomic mass is 32.1. The van der Waals surface area contributed by atoms with Gasteiger partial charge in [0, 0.05) is 11.4 Å². The zero-order valence-corrected chi connectivity index (χ0v) is 23.3. The van der Waals surface area contributed by atoms with Gasteiger partial charge < -0.3 is 29.7 Å². The minimum atomic E-state index is 0.513. The van der Waals surface area contributed by atoms with E-state index in [0.29, 0.717) is 4.32 Å². The summed E-state index contributed by atoms with van der Waals surface area (Å²) in [5.74, 6) is 0. The van der Waals surface area contributed by atoms with E-state index in [1.54, 1.807) is 0 Å². The zero-order valence-electron chi connectivity index (χ0n) is 21.7. The maximum absolute atomic E-state index is 5.63. The van der Waals surface area contributed by atoms with Crippen molar-refractivity contribution >= 4 is 40.5 Å². The van der Waals surface area contributed by atoms with E-state index >= 15 is 0 Å². The van der Waals surface area contributed by atoms with Crippen molar-refractivity contribution in [1.29, 1.82) is 0 Å². The lowest BCUT2D eigenvalue weighted by Gasteiger charge is -2.32. The van der Waals surface area contributed by atoms with Crippen LogP contribution in [0.25, 0.3) is 0 Å². The normalized spacial score (nSPS) is 11.0. The van der Waals surface area contributed by atoms with E-state index < -0.39 is 0 Å². The van der Waals surface area contributed by atoms with Crippen LogP contribution in [0.5, 0.6) is 0 Å². The first-order valence-electron chi connectivity index (χ1n) is 13.9. The molecule has 0 atom stereocenters. The van der Waals surface area contributed by atoms with Crippen molar-refractivity contribution in [2.45, 2.75) is 117 Å². The van der Waals surface area contributed by atoms with Gasteiger partial charge in [-0.1, -0.05) is 132 Å². The standard InChI is InChI=1S/C31H47NS2/c1-3-5-7-9-11-13-15-21-27-23-17-19-25-29(27)32(31(33)34)30-26-20-18-24-28(30)22-16-14-12-10-8-6-4-2/h17-20,23-26H,3-16,21-22H2,1-2H3,(H,33,34)/p-1. The number of nitrogens with zero attached hydrogens (tertiary/aromatic N) is 1. The van der Waals surface area contributed by atoms with Crippen molar-refractivity contribution in [3.05, 3.63) is 59.7 Å². The minimum Gasteiger partial charge on any atom is -0.411 e. The molecule has 0 heterocycles. The van der Waals surface area contributed by atoms with Gasteiger partial charge in [-0.2, -0.15) is 0 Å². The number of rotatable bonds is 18. The quantitative estimate of drug-likeness (QED) is 0.115. The van der Waals surface area contributed by atoms with Crippen LogP contribution in [0, 0.1) is 0 Å². The Labute approximate surface area is 221 Å². The molecule has 0 radical (unpaired) electrons. The van der Waals surface area contributed by atoms with Gasteiger partial charge in [-0.15, -0.1) is 0 Å². The van der Waals surface area contributed by atoms with Gasteiger partial charge in [0.1, 0.15) is 0 Å². The Morgan fingerprint density at radius 3 is 1.32 bits per heavy atom. The second-order valence-electron chi connectivity index (χ2n) is 9.60. The molecular weight excluding hydrogens is 450 g/mol. The number of anilines is 2. The van der Waals surface area contributed by atoms with Crippen molar-refractivity contribution in [3.63, 3.8) is 0 Å². The van der Waals surface area contributed by atoms with Crippen molar-refractivity contribution in [2.75, 3.05) is 4.90 Å². The summed E-state index contributed by atoms with van der Waals surface area (Å²) in [5.41, 5.74) is 5.05. The summed E-state index contributed by atoms with van der Waals surface area (Å²) >= 11 is 11.3. The van der Waals surface area contributed by atoms with E-state index in [2.05, 4.69) is 67.3 Å². The molecule has 0 bridgehead atoms. The van der Waals surface area contributed by atoms with Crippen LogP contribution in [0.1, 0.15) is 115 Å². The SMILES string of the molecule is CCCCCCCCCc1ccccc1N(C(=S)[S-])c1ccccc1CCCCCCCCC. The molecule has 2 aromatic carbocycles. The molecule has 0 aliphatic rings. The summed E-state index contributed by atoms with van der Waals surface area (Å²) in [6.45, 7) is 4.55. The number of benzene rings is 2. The molecule has 0 amide bonds. The maximum Gasteiger partial charge on any atom is 0.0476 e. The predicted molar refractivity (Wildman–Crippen MR) is 158 cm³/mol. The van der Waals surface area contributed by atoms with Crippen LogP contribution < -0.4 is 4.90 Å². The second kappa shape index (κ2) is 17.9. The predicted octanol–water partition coefficient (Wildman–Crippen LogP) is 10.2. The highest BCUT2D eigenvalue weighted by molar-refractivity contribution is 8.00. The molecule has 0 aromatic heterocycles. The molecule has 3 heteroatoms. The molecule has 188 valence electrons. The minimum absolute atomic E-state index is 0.513. The fourth-order valence-corrected chi connectivity index (χ4v) is 5.15. The molecule has 2 aromatic rings. The Kier molecular flexibility index (Phi) is 15.2. The van der Waals surface area contributed by atoms with Gasteiger partial charge in [-0.05, 0) is 48.9 Å². The van der Waals surface area contributed by atoms with Crippen molar-refractivity contribution in [3.8, 4) is 0 Å². The van der Waals surface area contributed by atoms with E-state index in [1.807, 2.05) is 0 Å². The molecule has 1 nitrogen and oxygen atoms in total. The van der Waals surface area contributed by atoms with Gasteiger partial charge in [0.05, 0.1) is 0 Å². The number of hydrogen-bond acceptors (Lipinski definition) is 2. The summed E-state index contributed by atoms with van der Waals surface area (Å²) in [5, 5.41) is 0. The largest absolute Gasteiger partial charge is 0.411 e. The molecule has 0 saturated carbocycles.